The molecule has 94 valence electrons. The first-order valence-electron chi connectivity index (χ1n) is 5.99. The molecule has 4 nitrogen and oxygen atoms in total. The zero-order valence-corrected chi connectivity index (χ0v) is 10.7. The minimum atomic E-state index is -0.0130. The van der Waals surface area contributed by atoms with E-state index in [2.05, 4.69) is 41.6 Å². The van der Waals surface area contributed by atoms with E-state index in [1.165, 1.54) is 12.5 Å². The lowest BCUT2D eigenvalue weighted by Gasteiger charge is -2.02. The molecular formula is C14H17N3O. The summed E-state index contributed by atoms with van der Waals surface area (Å²) < 4.78 is 1.84. The van der Waals surface area contributed by atoms with Gasteiger partial charge in [-0.2, -0.15) is 5.10 Å². The summed E-state index contributed by atoms with van der Waals surface area (Å²) in [5, 5.41) is 7.03. The minimum Gasteiger partial charge on any atom is -0.354 e. The van der Waals surface area contributed by atoms with Crippen LogP contribution >= 0.6 is 0 Å². The largest absolute Gasteiger partial charge is 0.354 e. The van der Waals surface area contributed by atoms with Gasteiger partial charge in [0.1, 0.15) is 0 Å². The molecule has 2 rings (SSSR count). The van der Waals surface area contributed by atoms with E-state index in [4.69, 9.17) is 0 Å². The van der Waals surface area contributed by atoms with Crippen molar-refractivity contribution in [3.05, 3.63) is 42.2 Å². The van der Waals surface area contributed by atoms with Crippen LogP contribution in [0.4, 0.5) is 0 Å². The molecule has 0 aliphatic heterocycles. The number of hydrogen-bond donors (Lipinski definition) is 1. The Kier molecular flexibility index (Phi) is 3.77. The summed E-state index contributed by atoms with van der Waals surface area (Å²) in [6.07, 6.45) is 3.84. The Morgan fingerprint density at radius 3 is 2.67 bits per heavy atom. The molecule has 0 aliphatic rings. The summed E-state index contributed by atoms with van der Waals surface area (Å²) in [7, 11) is 0. The van der Waals surface area contributed by atoms with Crippen molar-refractivity contribution in [3.63, 3.8) is 0 Å². The van der Waals surface area contributed by atoms with Gasteiger partial charge >= 0.3 is 0 Å². The van der Waals surface area contributed by atoms with Crippen LogP contribution in [0.2, 0.25) is 0 Å². The van der Waals surface area contributed by atoms with Gasteiger partial charge < -0.3 is 5.32 Å². The first kappa shape index (κ1) is 12.4. The number of nitrogens with zero attached hydrogens (tertiary/aromatic N) is 2. The van der Waals surface area contributed by atoms with Crippen molar-refractivity contribution in [2.24, 2.45) is 0 Å². The zero-order valence-electron chi connectivity index (χ0n) is 10.7. The predicted octanol–water partition coefficient (Wildman–Crippen LogP) is 1.99. The number of carbonyl (C=O) groups is 1. The highest BCUT2D eigenvalue weighted by Gasteiger charge is 2.01. The monoisotopic (exact) mass is 243 g/mol. The van der Waals surface area contributed by atoms with Gasteiger partial charge in [-0.15, -0.1) is 0 Å². The van der Waals surface area contributed by atoms with Gasteiger partial charge in [0.05, 0.1) is 12.7 Å². The third-order valence-corrected chi connectivity index (χ3v) is 2.73. The van der Waals surface area contributed by atoms with Gasteiger partial charge in [0.25, 0.3) is 0 Å². The average Bonchev–Trinajstić information content (AvgIpc) is 2.78. The second-order valence-electron chi connectivity index (χ2n) is 4.34. The lowest BCUT2D eigenvalue weighted by atomic mass is 10.1. The van der Waals surface area contributed by atoms with Crippen LogP contribution in [0.3, 0.4) is 0 Å². The van der Waals surface area contributed by atoms with Crippen LogP contribution in [0.25, 0.3) is 11.1 Å². The highest BCUT2D eigenvalue weighted by molar-refractivity contribution is 5.72. The number of nitrogens with one attached hydrogen (secondary N) is 1. The number of amides is 1. The van der Waals surface area contributed by atoms with E-state index in [0.29, 0.717) is 13.1 Å². The molecule has 1 heterocycles. The average molecular weight is 243 g/mol. The Balaban J connectivity index is 2.01. The highest BCUT2D eigenvalue weighted by Crippen LogP contribution is 2.18. The van der Waals surface area contributed by atoms with Crippen LogP contribution in [-0.4, -0.2) is 22.2 Å². The van der Waals surface area contributed by atoms with E-state index in [-0.39, 0.29) is 5.91 Å². The maximum Gasteiger partial charge on any atom is 0.216 e. The van der Waals surface area contributed by atoms with Crippen molar-refractivity contribution in [1.82, 2.24) is 15.1 Å². The molecule has 1 N–H and O–H groups in total. The summed E-state index contributed by atoms with van der Waals surface area (Å²) >= 11 is 0. The standard InChI is InChI=1S/C14H17N3O/c1-11-3-5-13(6-4-11)14-9-16-17(10-14)8-7-15-12(2)18/h3-6,9-10H,7-8H2,1-2H3,(H,15,18). The van der Waals surface area contributed by atoms with E-state index >= 15 is 0 Å². The van der Waals surface area contributed by atoms with E-state index < -0.39 is 0 Å². The van der Waals surface area contributed by atoms with Gasteiger partial charge in [-0.05, 0) is 12.5 Å². The number of hydrogen-bond acceptors (Lipinski definition) is 2. The predicted molar refractivity (Wildman–Crippen MR) is 71.1 cm³/mol. The van der Waals surface area contributed by atoms with Crippen molar-refractivity contribution in [3.8, 4) is 11.1 Å². The van der Waals surface area contributed by atoms with Crippen molar-refractivity contribution in [2.75, 3.05) is 6.54 Å². The Morgan fingerprint density at radius 2 is 2.00 bits per heavy atom. The van der Waals surface area contributed by atoms with Gasteiger partial charge in [0.2, 0.25) is 5.91 Å². The van der Waals surface area contributed by atoms with E-state index in [1.54, 1.807) is 0 Å². The number of carbonyl (C=O) groups excluding carboxylic acids is 1. The van der Waals surface area contributed by atoms with E-state index in [9.17, 15) is 4.79 Å². The van der Waals surface area contributed by atoms with Crippen LogP contribution in [0, 0.1) is 6.92 Å². The molecule has 4 heteroatoms. The summed E-state index contributed by atoms with van der Waals surface area (Å²) in [5.74, 6) is -0.0130. The topological polar surface area (TPSA) is 46.9 Å². The van der Waals surface area contributed by atoms with Crippen LogP contribution < -0.4 is 5.32 Å². The normalized spacial score (nSPS) is 10.3. The van der Waals surface area contributed by atoms with Crippen LogP contribution in [0.5, 0.6) is 0 Å². The van der Waals surface area contributed by atoms with Gasteiger partial charge in [-0.25, -0.2) is 0 Å². The Hall–Kier alpha value is -2.10. The summed E-state index contributed by atoms with van der Waals surface area (Å²) in [4.78, 5) is 10.8. The lowest BCUT2D eigenvalue weighted by molar-refractivity contribution is -0.118. The van der Waals surface area contributed by atoms with Crippen molar-refractivity contribution < 1.29 is 4.79 Å². The first-order valence-corrected chi connectivity index (χ1v) is 5.99. The number of rotatable bonds is 4. The third kappa shape index (κ3) is 3.20. The van der Waals surface area contributed by atoms with Gasteiger partial charge in [0, 0.05) is 25.2 Å². The molecule has 0 radical (unpaired) electrons. The first-order chi connectivity index (χ1) is 8.65. The molecular weight excluding hydrogens is 226 g/mol. The fraction of sp³-hybridized carbons (Fsp3) is 0.286. The molecule has 0 unspecified atom stereocenters. The molecule has 18 heavy (non-hydrogen) atoms. The van der Waals surface area contributed by atoms with E-state index in [1.807, 2.05) is 17.1 Å². The van der Waals surface area contributed by atoms with Crippen LogP contribution in [-0.2, 0) is 11.3 Å². The Labute approximate surface area is 107 Å². The Bertz CT molecular complexity index is 528. The smallest absolute Gasteiger partial charge is 0.216 e. The van der Waals surface area contributed by atoms with Gasteiger partial charge in [-0.3, -0.25) is 9.48 Å². The fourth-order valence-corrected chi connectivity index (χ4v) is 1.73. The Morgan fingerprint density at radius 1 is 1.28 bits per heavy atom. The summed E-state index contributed by atoms with van der Waals surface area (Å²) in [6.45, 7) is 4.87. The van der Waals surface area contributed by atoms with Crippen molar-refractivity contribution in [2.45, 2.75) is 20.4 Å². The van der Waals surface area contributed by atoms with Crippen LogP contribution in [0.15, 0.2) is 36.7 Å². The zero-order chi connectivity index (χ0) is 13.0. The SMILES string of the molecule is CC(=O)NCCn1cc(-c2ccc(C)cc2)cn1. The number of benzene rings is 1. The van der Waals surface area contributed by atoms with Gasteiger partial charge in [0.15, 0.2) is 0 Å². The fourth-order valence-electron chi connectivity index (χ4n) is 1.73. The molecule has 0 saturated carbocycles. The minimum absolute atomic E-state index is 0.0130. The molecule has 0 fully saturated rings. The molecule has 1 aromatic heterocycles. The molecule has 2 aromatic rings. The molecule has 1 aromatic carbocycles. The number of aryl methyl sites for hydroxylation is 1. The molecule has 0 spiro atoms. The molecule has 1 amide bonds. The maximum atomic E-state index is 10.8. The molecule has 0 saturated heterocycles. The molecule has 0 aliphatic carbocycles. The maximum absolute atomic E-state index is 10.8. The molecule has 0 atom stereocenters. The second kappa shape index (κ2) is 5.49. The number of aromatic nitrogens is 2. The van der Waals surface area contributed by atoms with E-state index in [0.717, 1.165) is 11.1 Å². The molecule has 0 bridgehead atoms. The van der Waals surface area contributed by atoms with Crippen molar-refractivity contribution in [1.29, 1.82) is 0 Å². The summed E-state index contributed by atoms with van der Waals surface area (Å²) in [6, 6.07) is 8.35. The quantitative estimate of drug-likeness (QED) is 0.892. The van der Waals surface area contributed by atoms with Gasteiger partial charge in [-0.1, -0.05) is 29.8 Å². The summed E-state index contributed by atoms with van der Waals surface area (Å²) in [5.41, 5.74) is 3.50. The van der Waals surface area contributed by atoms with Crippen LogP contribution in [0.1, 0.15) is 12.5 Å². The second-order valence-corrected chi connectivity index (χ2v) is 4.34. The third-order valence-electron chi connectivity index (χ3n) is 2.73. The van der Waals surface area contributed by atoms with Crippen molar-refractivity contribution >= 4 is 5.91 Å². The lowest BCUT2D eigenvalue weighted by Crippen LogP contribution is -2.24. The highest BCUT2D eigenvalue weighted by atomic mass is 16.1.